The van der Waals surface area contributed by atoms with Gasteiger partial charge in [0.15, 0.2) is 9.84 Å². The third-order valence-corrected chi connectivity index (χ3v) is 4.88. The largest absolute Gasteiger partial charge is 0.493 e. The second-order valence-corrected chi connectivity index (χ2v) is 6.94. The van der Waals surface area contributed by atoms with Gasteiger partial charge in [0.25, 0.3) is 0 Å². The molecular weight excluding hydrogens is 310 g/mol. The maximum Gasteiger partial charge on any atom is 0.181 e. The Labute approximate surface area is 129 Å². The van der Waals surface area contributed by atoms with Gasteiger partial charge in [-0.05, 0) is 48.5 Å². The molecule has 0 saturated heterocycles. The molecule has 0 atom stereocenters. The van der Waals surface area contributed by atoms with Crippen LogP contribution in [0.5, 0.6) is 5.75 Å². The van der Waals surface area contributed by atoms with Crippen molar-refractivity contribution in [3.05, 3.63) is 53.6 Å². The minimum absolute atomic E-state index is 0.0809. The molecule has 0 aromatic heterocycles. The lowest BCUT2D eigenvalue weighted by atomic mass is 10.3. The molecule has 2 rings (SSSR count). The smallest absolute Gasteiger partial charge is 0.181 e. The van der Waals surface area contributed by atoms with Crippen molar-refractivity contribution in [2.45, 2.75) is 4.90 Å². The number of nitrogens with one attached hydrogen (secondary N) is 1. The molecule has 2 aromatic carbocycles. The SMILES string of the molecule is CNc1ccc(OCCS(=O)(=O)c2ccc(Cl)cc2)cc1. The molecule has 0 amide bonds. The van der Waals surface area contributed by atoms with Crippen LogP contribution < -0.4 is 10.1 Å². The van der Waals surface area contributed by atoms with E-state index in [9.17, 15) is 8.42 Å². The number of hydrogen-bond acceptors (Lipinski definition) is 4. The van der Waals surface area contributed by atoms with Gasteiger partial charge in [0.2, 0.25) is 0 Å². The molecule has 1 N–H and O–H groups in total. The standard InChI is InChI=1S/C15H16ClNO3S/c1-17-13-4-6-14(7-5-13)20-10-11-21(18,19)15-8-2-12(16)3-9-15/h2-9,17H,10-11H2,1H3. The maximum atomic E-state index is 12.1. The molecule has 0 spiro atoms. The van der Waals surface area contributed by atoms with E-state index in [2.05, 4.69) is 5.32 Å². The monoisotopic (exact) mass is 325 g/mol. The second kappa shape index (κ2) is 6.83. The van der Waals surface area contributed by atoms with Gasteiger partial charge in [-0.15, -0.1) is 0 Å². The molecule has 0 aliphatic heterocycles. The van der Waals surface area contributed by atoms with E-state index in [0.717, 1.165) is 5.69 Å². The Balaban J connectivity index is 1.93. The van der Waals surface area contributed by atoms with E-state index in [1.807, 2.05) is 19.2 Å². The first-order valence-electron chi connectivity index (χ1n) is 6.40. The van der Waals surface area contributed by atoms with Crippen LogP contribution in [0.2, 0.25) is 5.02 Å². The van der Waals surface area contributed by atoms with Crippen LogP contribution in [0.25, 0.3) is 0 Å². The van der Waals surface area contributed by atoms with Crippen LogP contribution in [0.3, 0.4) is 0 Å². The Kier molecular flexibility index (Phi) is 5.09. The van der Waals surface area contributed by atoms with Crippen LogP contribution in [0, 0.1) is 0 Å². The molecule has 0 bridgehead atoms. The Hall–Kier alpha value is -1.72. The van der Waals surface area contributed by atoms with Crippen molar-refractivity contribution in [1.29, 1.82) is 0 Å². The second-order valence-electron chi connectivity index (χ2n) is 4.40. The number of sulfone groups is 1. The van der Waals surface area contributed by atoms with Crippen molar-refractivity contribution >= 4 is 27.1 Å². The summed E-state index contributed by atoms with van der Waals surface area (Å²) in [6.07, 6.45) is 0. The number of ether oxygens (including phenoxy) is 1. The zero-order valence-corrected chi connectivity index (χ0v) is 13.1. The number of benzene rings is 2. The van der Waals surface area contributed by atoms with E-state index in [1.165, 1.54) is 12.1 Å². The molecule has 0 fully saturated rings. The highest BCUT2D eigenvalue weighted by atomic mass is 35.5. The van der Waals surface area contributed by atoms with Gasteiger partial charge in [-0.2, -0.15) is 0 Å². The average Bonchev–Trinajstić information content (AvgIpc) is 2.48. The minimum atomic E-state index is -3.36. The van der Waals surface area contributed by atoms with E-state index < -0.39 is 9.84 Å². The quantitative estimate of drug-likeness (QED) is 0.886. The molecule has 0 heterocycles. The Morgan fingerprint density at radius 1 is 1.05 bits per heavy atom. The summed E-state index contributed by atoms with van der Waals surface area (Å²) in [5, 5.41) is 3.51. The summed E-state index contributed by atoms with van der Waals surface area (Å²) in [6, 6.07) is 13.4. The van der Waals surface area contributed by atoms with Crippen LogP contribution >= 0.6 is 11.6 Å². The molecule has 0 unspecified atom stereocenters. The third kappa shape index (κ3) is 4.37. The van der Waals surface area contributed by atoms with E-state index in [1.54, 1.807) is 24.3 Å². The van der Waals surface area contributed by atoms with Crippen LogP contribution in [-0.2, 0) is 9.84 Å². The van der Waals surface area contributed by atoms with Gasteiger partial charge in [-0.3, -0.25) is 0 Å². The Bertz CT molecular complexity index is 682. The summed E-state index contributed by atoms with van der Waals surface area (Å²) in [6.45, 7) is 0.101. The zero-order chi connectivity index (χ0) is 15.3. The average molecular weight is 326 g/mol. The van der Waals surface area contributed by atoms with Gasteiger partial charge in [0.1, 0.15) is 12.4 Å². The van der Waals surface area contributed by atoms with Crippen molar-refractivity contribution in [3.8, 4) is 5.75 Å². The van der Waals surface area contributed by atoms with Crippen LogP contribution in [-0.4, -0.2) is 27.8 Å². The summed E-state index contributed by atoms with van der Waals surface area (Å²) < 4.78 is 29.7. The van der Waals surface area contributed by atoms with E-state index in [-0.39, 0.29) is 17.3 Å². The van der Waals surface area contributed by atoms with Gasteiger partial charge in [0, 0.05) is 17.8 Å². The van der Waals surface area contributed by atoms with Crippen molar-refractivity contribution in [3.63, 3.8) is 0 Å². The highest BCUT2D eigenvalue weighted by Gasteiger charge is 2.14. The Morgan fingerprint density at radius 3 is 2.24 bits per heavy atom. The van der Waals surface area contributed by atoms with Gasteiger partial charge in [-0.1, -0.05) is 11.6 Å². The van der Waals surface area contributed by atoms with Gasteiger partial charge < -0.3 is 10.1 Å². The van der Waals surface area contributed by atoms with Crippen molar-refractivity contribution < 1.29 is 13.2 Å². The lowest BCUT2D eigenvalue weighted by molar-refractivity contribution is 0.341. The molecule has 21 heavy (non-hydrogen) atoms. The third-order valence-electron chi connectivity index (χ3n) is 2.94. The molecule has 4 nitrogen and oxygen atoms in total. The normalized spacial score (nSPS) is 11.1. The first kappa shape index (κ1) is 15.7. The molecule has 2 aromatic rings. The number of anilines is 1. The Morgan fingerprint density at radius 2 is 1.67 bits per heavy atom. The number of halogens is 1. The molecule has 0 radical (unpaired) electrons. The van der Waals surface area contributed by atoms with Crippen LogP contribution in [0.15, 0.2) is 53.4 Å². The van der Waals surface area contributed by atoms with E-state index >= 15 is 0 Å². The number of hydrogen-bond donors (Lipinski definition) is 1. The maximum absolute atomic E-state index is 12.1. The lowest BCUT2D eigenvalue weighted by Crippen LogP contribution is -2.14. The lowest BCUT2D eigenvalue weighted by Gasteiger charge is -2.08. The molecule has 6 heteroatoms. The highest BCUT2D eigenvalue weighted by Crippen LogP contribution is 2.17. The topological polar surface area (TPSA) is 55.4 Å². The minimum Gasteiger partial charge on any atom is -0.493 e. The van der Waals surface area contributed by atoms with Crippen molar-refractivity contribution in [1.82, 2.24) is 0 Å². The van der Waals surface area contributed by atoms with Crippen molar-refractivity contribution in [2.75, 3.05) is 24.7 Å². The molecule has 0 saturated carbocycles. The summed E-state index contributed by atoms with van der Waals surface area (Å²) >= 11 is 5.75. The van der Waals surface area contributed by atoms with Crippen LogP contribution in [0.4, 0.5) is 5.69 Å². The van der Waals surface area contributed by atoms with Gasteiger partial charge in [0.05, 0.1) is 10.6 Å². The summed E-state index contributed by atoms with van der Waals surface area (Å²) in [5.41, 5.74) is 0.969. The molecule has 112 valence electrons. The predicted molar refractivity (Wildman–Crippen MR) is 85.0 cm³/mol. The number of rotatable bonds is 6. The molecule has 0 aliphatic rings. The fraction of sp³-hybridized carbons (Fsp3) is 0.200. The molecule has 0 aliphatic carbocycles. The fourth-order valence-electron chi connectivity index (χ4n) is 1.75. The van der Waals surface area contributed by atoms with Crippen LogP contribution in [0.1, 0.15) is 0 Å². The van der Waals surface area contributed by atoms with E-state index in [4.69, 9.17) is 16.3 Å². The van der Waals surface area contributed by atoms with E-state index in [0.29, 0.717) is 10.8 Å². The first-order valence-corrected chi connectivity index (χ1v) is 8.43. The summed E-state index contributed by atoms with van der Waals surface area (Å²) in [5.74, 6) is 0.558. The highest BCUT2D eigenvalue weighted by molar-refractivity contribution is 7.91. The van der Waals surface area contributed by atoms with Crippen molar-refractivity contribution in [2.24, 2.45) is 0 Å². The fourth-order valence-corrected chi connectivity index (χ4v) is 2.96. The summed E-state index contributed by atoms with van der Waals surface area (Å²) in [4.78, 5) is 0.251. The predicted octanol–water partition coefficient (Wildman–Crippen LogP) is 3.23. The summed E-state index contributed by atoms with van der Waals surface area (Å²) in [7, 11) is -1.53. The molecular formula is C15H16ClNO3S. The first-order chi connectivity index (χ1) is 10.0. The van der Waals surface area contributed by atoms with Gasteiger partial charge in [-0.25, -0.2) is 8.42 Å². The van der Waals surface area contributed by atoms with Gasteiger partial charge >= 0.3 is 0 Å². The zero-order valence-electron chi connectivity index (χ0n) is 11.5.